The van der Waals surface area contributed by atoms with Crippen molar-refractivity contribution in [2.75, 3.05) is 7.11 Å². The molecule has 0 aromatic heterocycles. The van der Waals surface area contributed by atoms with Gasteiger partial charge < -0.3 is 29.1 Å². The highest BCUT2D eigenvalue weighted by Crippen LogP contribution is 2.47. The largest absolute Gasteiger partial charge is 0.449 e. The Hall–Kier alpha value is -6.83. The topological polar surface area (TPSA) is 64.6 Å². The van der Waals surface area contributed by atoms with Crippen molar-refractivity contribution in [1.29, 1.82) is 0 Å². The fourth-order valence-electron chi connectivity index (χ4n) is 18.1. The average Bonchev–Trinajstić information content (AvgIpc) is 0.772. The van der Waals surface area contributed by atoms with Crippen LogP contribution in [0, 0.1) is 0 Å². The summed E-state index contributed by atoms with van der Waals surface area (Å²) < 4.78 is 45.5. The van der Waals surface area contributed by atoms with Gasteiger partial charge >= 0.3 is 0 Å². The normalized spacial score (nSPS) is 17.2. The van der Waals surface area contributed by atoms with Crippen LogP contribution in [0.2, 0.25) is 99.7 Å². The maximum Gasteiger partial charge on any atom is 0.262 e. The zero-order valence-corrected chi connectivity index (χ0v) is 102. The summed E-state index contributed by atoms with van der Waals surface area (Å²) in [7, 11) is -26.3. The second-order valence-corrected chi connectivity index (χ2v) is 92.6. The molecule has 742 valence electrons. The molecule has 4 saturated carbocycles. The summed E-state index contributed by atoms with van der Waals surface area (Å²) in [6.07, 6.45) is 26.9. The van der Waals surface area contributed by atoms with Crippen LogP contribution in [0.5, 0.6) is 0 Å². The fraction of sp³-hybridized carbons (Fsp3) is 0.339. The summed E-state index contributed by atoms with van der Waals surface area (Å²) >= 11 is 6.27. The van der Waals surface area contributed by atoms with Gasteiger partial charge in [0.2, 0.25) is 82.2 Å². The summed E-state index contributed by atoms with van der Waals surface area (Å²) in [5.74, 6) is 0. The fourth-order valence-corrected chi connectivity index (χ4v) is 67.5. The minimum atomic E-state index is -2.53. The highest BCUT2D eigenvalue weighted by atomic mass is 35.6. The van der Waals surface area contributed by atoms with Gasteiger partial charge in [0.15, 0.2) is 16.6 Å². The van der Waals surface area contributed by atoms with E-state index >= 15 is 0 Å². The van der Waals surface area contributed by atoms with Crippen LogP contribution in [-0.2, 0) is 29.1 Å². The Bertz CT molecular complexity index is 4460. The Morgan fingerprint density at radius 3 is 0.701 bits per heavy atom. The molecule has 4 fully saturated rings. The Labute approximate surface area is 856 Å². The average molecular weight is 2100 g/mol. The van der Waals surface area contributed by atoms with Gasteiger partial charge in [-0.3, -0.25) is 0 Å². The number of benzene rings is 6. The van der Waals surface area contributed by atoms with Crippen LogP contribution >= 0.6 is 11.1 Å². The molecule has 22 heteroatoms. The van der Waals surface area contributed by atoms with E-state index in [-0.39, 0.29) is 0 Å². The van der Waals surface area contributed by atoms with E-state index in [4.69, 9.17) is 40.2 Å². The second-order valence-electron chi connectivity index (χ2n) is 38.3. The first-order valence-electron chi connectivity index (χ1n) is 49.7. The molecule has 0 N–H and O–H groups in total. The molecule has 6 aromatic carbocycles. The summed E-state index contributed by atoms with van der Waals surface area (Å²) in [4.78, 5) is 0. The van der Waals surface area contributed by atoms with Gasteiger partial charge in [0, 0.05) is 7.11 Å². The van der Waals surface area contributed by atoms with Crippen molar-refractivity contribution >= 4 is 158 Å². The summed E-state index contributed by atoms with van der Waals surface area (Å²) in [5, 5.41) is 7.23. The van der Waals surface area contributed by atoms with Gasteiger partial charge in [-0.25, -0.2) is 0 Å². The first kappa shape index (κ1) is 124. The predicted octanol–water partition coefficient (Wildman–Crippen LogP) is 30.7. The van der Waals surface area contributed by atoms with Gasteiger partial charge in [0.1, 0.15) is 0 Å². The lowest BCUT2D eigenvalue weighted by Gasteiger charge is -2.45. The summed E-state index contributed by atoms with van der Waals surface area (Å²) in [6, 6.07) is 63.5. The van der Waals surface area contributed by atoms with E-state index in [9.17, 15) is 0 Å². The lowest BCUT2D eigenvalue weighted by molar-refractivity contribution is 0.413. The van der Waals surface area contributed by atoms with Crippen LogP contribution < -0.4 is 31.1 Å². The Morgan fingerprint density at radius 1 is 0.241 bits per heavy atom. The highest BCUT2D eigenvalue weighted by molar-refractivity contribution is 7.29. The van der Waals surface area contributed by atoms with Crippen LogP contribution in [0.4, 0.5) is 0 Å². The van der Waals surface area contributed by atoms with Crippen molar-refractivity contribution in [3.05, 3.63) is 428 Å². The summed E-state index contributed by atoms with van der Waals surface area (Å²) in [5.41, 5.74) is 43.2. The van der Waals surface area contributed by atoms with Crippen LogP contribution in [0.25, 0.3) is 0 Å². The van der Waals surface area contributed by atoms with E-state index in [0.717, 1.165) is 33.5 Å². The molecule has 0 aliphatic heterocycles. The minimum absolute atomic E-state index is 0.640. The number of halogens is 1. The first-order chi connectivity index (χ1) is 65.2. The van der Waals surface area contributed by atoms with Crippen molar-refractivity contribution < 1.29 is 29.1 Å². The van der Waals surface area contributed by atoms with E-state index in [0.29, 0.717) is 11.1 Å². The van der Waals surface area contributed by atoms with E-state index < -0.39 is 116 Å². The van der Waals surface area contributed by atoms with Crippen molar-refractivity contribution in [3.8, 4) is 0 Å². The molecule has 6 aromatic rings. The molecular formula is C115H177ClO7Si14. The van der Waals surface area contributed by atoms with Gasteiger partial charge in [-0.05, 0) is 131 Å². The minimum Gasteiger partial charge on any atom is -0.449 e. The van der Waals surface area contributed by atoms with Gasteiger partial charge in [-0.1, -0.05) is 438 Å². The molecule has 0 amide bonds. The predicted molar refractivity (Wildman–Crippen MR) is 647 cm³/mol. The van der Waals surface area contributed by atoms with Gasteiger partial charge in [-0.2, -0.15) is 11.1 Å². The molecule has 4 aliphatic rings. The van der Waals surface area contributed by atoms with Crippen molar-refractivity contribution in [2.45, 2.75) is 242 Å². The van der Waals surface area contributed by atoms with E-state index in [2.05, 4.69) is 342 Å². The van der Waals surface area contributed by atoms with Crippen molar-refractivity contribution in [3.63, 3.8) is 0 Å². The second kappa shape index (κ2) is 61.2. The molecule has 7 nitrogen and oxygen atoms in total. The molecule has 0 spiro atoms. The molecule has 0 saturated heterocycles. The molecule has 0 bridgehead atoms. The lowest BCUT2D eigenvalue weighted by Crippen LogP contribution is -2.60. The Morgan fingerprint density at radius 2 is 0.489 bits per heavy atom. The van der Waals surface area contributed by atoms with Gasteiger partial charge in [-0.15, -0.1) is 132 Å². The van der Waals surface area contributed by atoms with Crippen molar-refractivity contribution in [1.82, 2.24) is 0 Å². The van der Waals surface area contributed by atoms with Crippen molar-refractivity contribution in [2.24, 2.45) is 0 Å². The molecule has 10 rings (SSSR count). The zero-order valence-electron chi connectivity index (χ0n) is 87.1. The van der Waals surface area contributed by atoms with Crippen LogP contribution in [-0.4, -0.2) is 123 Å². The molecule has 6 atom stereocenters. The van der Waals surface area contributed by atoms with Crippen LogP contribution in [0.1, 0.15) is 142 Å². The summed E-state index contributed by atoms with van der Waals surface area (Å²) in [6.45, 7) is 106. The number of hydrogen-bond acceptors (Lipinski definition) is 7. The molecule has 0 heterocycles. The molecule has 4 aliphatic carbocycles. The number of rotatable bonds is 45. The monoisotopic (exact) mass is 2100 g/mol. The highest BCUT2D eigenvalue weighted by Gasteiger charge is 2.50. The Balaban J connectivity index is 0.000000409. The Kier molecular flexibility index (Phi) is 55.6. The first-order valence-corrected chi connectivity index (χ1v) is 84.8. The van der Waals surface area contributed by atoms with Gasteiger partial charge in [0.05, 0.1) is 0 Å². The quantitative estimate of drug-likeness (QED) is 0.0279. The maximum atomic E-state index is 7.11. The van der Waals surface area contributed by atoms with Crippen LogP contribution in [0.15, 0.2) is 428 Å². The van der Waals surface area contributed by atoms with E-state index in [1.807, 2.05) is 165 Å². The zero-order chi connectivity index (χ0) is 103. The third kappa shape index (κ3) is 36.8. The third-order valence-electron chi connectivity index (χ3n) is 28.4. The molecule has 6 unspecified atom stereocenters. The number of hydrogen-bond donors (Lipinski definition) is 0. The SMILES string of the molecule is C=C[Si](C)(C)O[Si](C)(C)C=C.C=C[Si](C)(Cl)c1ccccc1.C=C[Si](C)(OC)c1ccccc1.C=C[Si](C)(O[Si](C)(C=C)C1CCCCC1)C1CCCCC1.C=C[Si](C)(O[Si](C)(C=C)c1ccccc1)c1ccccc1.C=C[Si](C=C)(CC)O[Si](C=C)(C=C)CC.C=C[Si](C=C)(O[Si](C=C)(C=C)C1CCCCC1)C1CCCCC1.C=C[Si](C=C)(O[Si](C=C)(C=C)c1ccccc1)c1ccccc1. The van der Waals surface area contributed by atoms with Gasteiger partial charge in [0.25, 0.3) is 16.6 Å². The molecule has 137 heavy (non-hydrogen) atoms. The molecular weight excluding hydrogens is 1920 g/mol. The van der Waals surface area contributed by atoms with E-state index in [1.165, 1.54) is 149 Å². The lowest BCUT2D eigenvalue weighted by atomic mass is 10.0. The maximum absolute atomic E-state index is 7.11. The van der Waals surface area contributed by atoms with E-state index in [1.54, 1.807) is 7.11 Å². The molecule has 0 radical (unpaired) electrons. The smallest absolute Gasteiger partial charge is 0.262 e. The van der Waals surface area contributed by atoms with Crippen LogP contribution in [0.3, 0.4) is 0 Å². The third-order valence-corrected chi connectivity index (χ3v) is 83.1. The standard InChI is InChI=1S/C20H34OSi2.C20H22OSi2.C18H34OSi2.C18H22OSi2.C12H22OSi2.C10H14OSi.C9H11ClSi.C8H18OSi2/c2*1-5-22(6-2,19-15-11-9-12-16-19)21-23(7-3,8-4)20-17-13-10-14-18-20;2*1-5-20(3,17-13-9-7-10-14-17)19-21(4,6-2)18-15-11-8-12-16-18;1-7-14(8-2,9-3)13-15(10-4,11-5)12-6;1-4-12(3,11-2)10-8-6-5-7-9-10;1-3-11(2,10)9-7-5-4-6-8-9;1-7-10(3,4)9-11(5,6)8-2/h5-8,19-20H,1-4,9-18H2;5-18H,1-4H2;5-6,17-18H,1-2,7-16H2,3-4H3;5-16H,1-2H2,3-4H3;7-8,10-11H,1-2,4-5,9,12H2,3,6H3;4-9H,1H2,2-3H3;3-8H,1H2,2H3;7-8H,1-2H2,3-6H3.